The van der Waals surface area contributed by atoms with Crippen molar-refractivity contribution in [3.05, 3.63) is 29.0 Å². The van der Waals surface area contributed by atoms with E-state index in [1.165, 1.54) is 12.8 Å². The molecule has 2 aromatic rings. The van der Waals surface area contributed by atoms with Crippen molar-refractivity contribution in [3.63, 3.8) is 0 Å². The maximum absolute atomic E-state index is 5.74. The summed E-state index contributed by atoms with van der Waals surface area (Å²) in [6, 6.07) is 0.174. The molecule has 0 aromatic carbocycles. The summed E-state index contributed by atoms with van der Waals surface area (Å²) >= 11 is 0. The van der Waals surface area contributed by atoms with Crippen LogP contribution < -0.4 is 0 Å². The lowest BCUT2D eigenvalue weighted by Gasteiger charge is -2.20. The Kier molecular flexibility index (Phi) is 3.69. The number of methoxy groups -OCH3 is 1. The van der Waals surface area contributed by atoms with Crippen LogP contribution in [0, 0.1) is 13.8 Å². The zero-order valence-corrected chi connectivity index (χ0v) is 13.9. The number of nitrogens with zero attached hydrogens (tertiary/aromatic N) is 4. The fourth-order valence-corrected chi connectivity index (χ4v) is 3.23. The second kappa shape index (κ2) is 5.72. The average molecular weight is 317 g/mol. The molecule has 7 heteroatoms. The number of aryl methyl sites for hydroxylation is 2. The lowest BCUT2D eigenvalue weighted by Crippen LogP contribution is -2.25. The Balaban J connectivity index is 1.54. The fraction of sp³-hybridized carbons (Fsp3) is 0.688. The predicted molar refractivity (Wildman–Crippen MR) is 82.9 cm³/mol. The van der Waals surface area contributed by atoms with E-state index in [0.717, 1.165) is 42.0 Å². The summed E-state index contributed by atoms with van der Waals surface area (Å²) in [7, 11) is 1.76. The van der Waals surface area contributed by atoms with E-state index in [9.17, 15) is 0 Å². The van der Waals surface area contributed by atoms with Gasteiger partial charge in [0.15, 0.2) is 5.82 Å². The Bertz CT molecular complexity index is 671. The Labute approximate surface area is 135 Å². The van der Waals surface area contributed by atoms with E-state index in [0.29, 0.717) is 12.5 Å². The first kappa shape index (κ1) is 14.8. The maximum Gasteiger partial charge on any atom is 0.208 e. The third kappa shape index (κ3) is 2.90. The largest absolute Gasteiger partial charge is 0.444 e. The highest BCUT2D eigenvalue weighted by Crippen LogP contribution is 2.39. The van der Waals surface area contributed by atoms with Gasteiger partial charge in [0.1, 0.15) is 11.6 Å². The van der Waals surface area contributed by atoms with Crippen LogP contribution in [0.4, 0.5) is 0 Å². The summed E-state index contributed by atoms with van der Waals surface area (Å²) in [4.78, 5) is 11.5. The summed E-state index contributed by atoms with van der Waals surface area (Å²) in [6.45, 7) is 5.43. The van der Waals surface area contributed by atoms with Crippen molar-refractivity contribution in [1.82, 2.24) is 25.1 Å². The molecule has 0 bridgehead atoms. The summed E-state index contributed by atoms with van der Waals surface area (Å²) in [6.07, 6.45) is 3.53. The van der Waals surface area contributed by atoms with Crippen molar-refractivity contribution in [1.29, 1.82) is 0 Å². The number of oxazole rings is 1. The predicted octanol–water partition coefficient (Wildman–Crippen LogP) is 2.25. The molecule has 0 unspecified atom stereocenters. The van der Waals surface area contributed by atoms with Gasteiger partial charge in [-0.1, -0.05) is 0 Å². The van der Waals surface area contributed by atoms with Gasteiger partial charge in [0.05, 0.1) is 24.4 Å². The smallest absolute Gasteiger partial charge is 0.208 e. The first-order valence-corrected chi connectivity index (χ1v) is 8.26. The minimum atomic E-state index is 0.174. The van der Waals surface area contributed by atoms with Gasteiger partial charge in [0.25, 0.3) is 0 Å². The standard InChI is InChI=1S/C16H23N5O2/c1-9-10(2)23-14(17-9)8-21-7-12(22-3)6-13(21)16-18-15(19-20-16)11-4-5-11/h11-13H,4-8H2,1-3H3,(H,18,19,20)/t12-,13+/m1/s1. The number of ether oxygens (including phenoxy) is 1. The van der Waals surface area contributed by atoms with E-state index in [1.807, 2.05) is 13.8 Å². The number of aromatic amines is 1. The average Bonchev–Trinajstić information content (AvgIpc) is 2.99. The number of likely N-dealkylation sites (tertiary alicyclic amines) is 1. The molecule has 1 aliphatic carbocycles. The molecule has 1 N–H and O–H groups in total. The Morgan fingerprint density at radius 3 is 2.78 bits per heavy atom. The molecule has 2 aliphatic rings. The van der Waals surface area contributed by atoms with Crippen LogP contribution >= 0.6 is 0 Å². The monoisotopic (exact) mass is 317 g/mol. The van der Waals surface area contributed by atoms with Gasteiger partial charge in [-0.3, -0.25) is 10.00 Å². The zero-order chi connectivity index (χ0) is 16.0. The Morgan fingerprint density at radius 2 is 2.13 bits per heavy atom. The fourth-order valence-electron chi connectivity index (χ4n) is 3.23. The van der Waals surface area contributed by atoms with Crippen molar-refractivity contribution >= 4 is 0 Å². The normalized spacial score (nSPS) is 25.3. The summed E-state index contributed by atoms with van der Waals surface area (Å²) < 4.78 is 11.3. The van der Waals surface area contributed by atoms with Crippen molar-refractivity contribution in [2.75, 3.05) is 13.7 Å². The van der Waals surface area contributed by atoms with E-state index in [1.54, 1.807) is 7.11 Å². The quantitative estimate of drug-likeness (QED) is 0.911. The Morgan fingerprint density at radius 1 is 1.30 bits per heavy atom. The van der Waals surface area contributed by atoms with Crippen molar-refractivity contribution in [2.45, 2.75) is 57.7 Å². The molecule has 0 spiro atoms. The van der Waals surface area contributed by atoms with Crippen LogP contribution in [-0.4, -0.2) is 44.8 Å². The van der Waals surface area contributed by atoms with Crippen LogP contribution in [0.3, 0.4) is 0 Å². The SMILES string of the molecule is CO[C@@H]1C[C@@H](c2nc(C3CC3)n[nH]2)N(Cc2nc(C)c(C)o2)C1. The molecule has 1 saturated carbocycles. The number of rotatable bonds is 5. The lowest BCUT2D eigenvalue weighted by molar-refractivity contribution is 0.106. The number of hydrogen-bond acceptors (Lipinski definition) is 6. The molecule has 4 rings (SSSR count). The van der Waals surface area contributed by atoms with Gasteiger partial charge in [0, 0.05) is 19.6 Å². The summed E-state index contributed by atoms with van der Waals surface area (Å²) in [5.74, 6) is 4.10. The third-order valence-corrected chi connectivity index (χ3v) is 4.89. The maximum atomic E-state index is 5.74. The van der Waals surface area contributed by atoms with Gasteiger partial charge in [0.2, 0.25) is 5.89 Å². The highest BCUT2D eigenvalue weighted by atomic mass is 16.5. The molecule has 1 aliphatic heterocycles. The molecule has 2 fully saturated rings. The van der Waals surface area contributed by atoms with Crippen LogP contribution in [0.2, 0.25) is 0 Å². The van der Waals surface area contributed by atoms with Gasteiger partial charge < -0.3 is 9.15 Å². The molecule has 23 heavy (non-hydrogen) atoms. The van der Waals surface area contributed by atoms with E-state index in [2.05, 4.69) is 20.1 Å². The van der Waals surface area contributed by atoms with E-state index >= 15 is 0 Å². The van der Waals surface area contributed by atoms with Gasteiger partial charge in [-0.25, -0.2) is 9.97 Å². The summed E-state index contributed by atoms with van der Waals surface area (Å²) in [5, 5.41) is 7.53. The minimum absolute atomic E-state index is 0.174. The minimum Gasteiger partial charge on any atom is -0.444 e. The van der Waals surface area contributed by atoms with Gasteiger partial charge in [-0.15, -0.1) is 0 Å². The van der Waals surface area contributed by atoms with E-state index in [4.69, 9.17) is 14.1 Å². The number of nitrogens with one attached hydrogen (secondary N) is 1. The second-order valence-corrected chi connectivity index (χ2v) is 6.64. The van der Waals surface area contributed by atoms with Crippen LogP contribution in [0.15, 0.2) is 4.42 Å². The first-order valence-electron chi connectivity index (χ1n) is 8.26. The van der Waals surface area contributed by atoms with Gasteiger partial charge in [-0.2, -0.15) is 5.10 Å². The van der Waals surface area contributed by atoms with Crippen LogP contribution in [-0.2, 0) is 11.3 Å². The van der Waals surface area contributed by atoms with Crippen molar-refractivity contribution in [3.8, 4) is 0 Å². The van der Waals surface area contributed by atoms with Crippen LogP contribution in [0.1, 0.15) is 60.2 Å². The Hall–Kier alpha value is -1.73. The second-order valence-electron chi connectivity index (χ2n) is 6.64. The van der Waals surface area contributed by atoms with Crippen LogP contribution in [0.25, 0.3) is 0 Å². The summed E-state index contributed by atoms with van der Waals surface area (Å²) in [5.41, 5.74) is 0.953. The van der Waals surface area contributed by atoms with E-state index < -0.39 is 0 Å². The molecule has 2 atom stereocenters. The van der Waals surface area contributed by atoms with Crippen molar-refractivity contribution in [2.24, 2.45) is 0 Å². The van der Waals surface area contributed by atoms with Crippen LogP contribution in [0.5, 0.6) is 0 Å². The third-order valence-electron chi connectivity index (χ3n) is 4.89. The molecule has 3 heterocycles. The molecule has 0 radical (unpaired) electrons. The number of aromatic nitrogens is 4. The molecule has 124 valence electrons. The topological polar surface area (TPSA) is 80.1 Å². The highest BCUT2D eigenvalue weighted by molar-refractivity contribution is 5.10. The van der Waals surface area contributed by atoms with E-state index in [-0.39, 0.29) is 12.1 Å². The first-order chi connectivity index (χ1) is 11.1. The molecular formula is C16H23N5O2. The molecule has 1 saturated heterocycles. The number of H-pyrrole nitrogens is 1. The van der Waals surface area contributed by atoms with Gasteiger partial charge >= 0.3 is 0 Å². The molecule has 2 aromatic heterocycles. The zero-order valence-electron chi connectivity index (χ0n) is 13.9. The number of hydrogen-bond donors (Lipinski definition) is 1. The lowest BCUT2D eigenvalue weighted by atomic mass is 10.2. The highest BCUT2D eigenvalue weighted by Gasteiger charge is 2.37. The van der Waals surface area contributed by atoms with Gasteiger partial charge in [-0.05, 0) is 33.1 Å². The molecule has 7 nitrogen and oxygen atoms in total. The molecular weight excluding hydrogens is 294 g/mol. The van der Waals surface area contributed by atoms with Crippen molar-refractivity contribution < 1.29 is 9.15 Å². The molecule has 0 amide bonds.